The summed E-state index contributed by atoms with van der Waals surface area (Å²) in [5.41, 5.74) is 0.584. The van der Waals surface area contributed by atoms with Crippen molar-refractivity contribution in [3.8, 4) is 22.9 Å². The summed E-state index contributed by atoms with van der Waals surface area (Å²) in [6.07, 6.45) is -0.0625. The molecular formula is C19H18N2O5. The predicted octanol–water partition coefficient (Wildman–Crippen LogP) is 3.08. The normalized spacial score (nSPS) is 10.9. The van der Waals surface area contributed by atoms with E-state index in [0.717, 1.165) is 0 Å². The Morgan fingerprint density at radius 3 is 2.62 bits per heavy atom. The van der Waals surface area contributed by atoms with E-state index in [9.17, 15) is 9.59 Å². The van der Waals surface area contributed by atoms with Crippen molar-refractivity contribution in [2.75, 3.05) is 7.11 Å². The number of nitrogens with one attached hydrogen (secondary N) is 1. The monoisotopic (exact) mass is 354 g/mol. The minimum atomic E-state index is -1.10. The second-order valence-electron chi connectivity index (χ2n) is 5.98. The lowest BCUT2D eigenvalue weighted by atomic mass is 10.1. The van der Waals surface area contributed by atoms with Gasteiger partial charge in [-0.3, -0.25) is 4.79 Å². The minimum Gasteiger partial charge on any atom is -0.497 e. The molecule has 26 heavy (non-hydrogen) atoms. The number of aromatic carboxylic acids is 1. The molecule has 2 aromatic carbocycles. The summed E-state index contributed by atoms with van der Waals surface area (Å²) in [7, 11) is 1.55. The molecule has 0 aliphatic carbocycles. The van der Waals surface area contributed by atoms with Gasteiger partial charge in [0.25, 0.3) is 5.56 Å². The van der Waals surface area contributed by atoms with Gasteiger partial charge in [0.2, 0.25) is 0 Å². The maximum atomic E-state index is 12.5. The number of methoxy groups -OCH3 is 1. The molecule has 0 aliphatic rings. The van der Waals surface area contributed by atoms with Gasteiger partial charge in [-0.05, 0) is 50.2 Å². The first-order valence-electron chi connectivity index (χ1n) is 8.01. The summed E-state index contributed by atoms with van der Waals surface area (Å²) in [6.45, 7) is 3.80. The molecule has 0 unspecified atom stereocenters. The molecule has 134 valence electrons. The van der Waals surface area contributed by atoms with Gasteiger partial charge in [0.05, 0.1) is 35.2 Å². The van der Waals surface area contributed by atoms with E-state index in [0.29, 0.717) is 28.4 Å². The molecule has 0 fully saturated rings. The molecule has 1 heterocycles. The zero-order valence-electron chi connectivity index (χ0n) is 14.6. The van der Waals surface area contributed by atoms with Crippen molar-refractivity contribution in [2.24, 2.45) is 0 Å². The SMILES string of the molecule is COc1ccc(OC(C)C)c(-c2nc3ccc(C(=O)O)cc3c(=O)[nH]2)c1. The summed E-state index contributed by atoms with van der Waals surface area (Å²) < 4.78 is 11.1. The minimum absolute atomic E-state index is 0.0303. The first-order chi connectivity index (χ1) is 12.4. The van der Waals surface area contributed by atoms with Gasteiger partial charge < -0.3 is 19.6 Å². The quantitative estimate of drug-likeness (QED) is 0.730. The van der Waals surface area contributed by atoms with E-state index in [4.69, 9.17) is 14.6 Å². The van der Waals surface area contributed by atoms with Crippen molar-refractivity contribution in [1.82, 2.24) is 9.97 Å². The zero-order valence-corrected chi connectivity index (χ0v) is 14.6. The molecule has 0 amide bonds. The summed E-state index contributed by atoms with van der Waals surface area (Å²) >= 11 is 0. The van der Waals surface area contributed by atoms with E-state index in [1.54, 1.807) is 25.3 Å². The molecule has 2 N–H and O–H groups in total. The van der Waals surface area contributed by atoms with Crippen LogP contribution in [0.1, 0.15) is 24.2 Å². The maximum Gasteiger partial charge on any atom is 0.335 e. The summed E-state index contributed by atoms with van der Waals surface area (Å²) in [5.74, 6) is 0.376. The molecule has 0 spiro atoms. The Morgan fingerprint density at radius 1 is 1.19 bits per heavy atom. The third-order valence-corrected chi connectivity index (χ3v) is 3.76. The van der Waals surface area contributed by atoms with Crippen molar-refractivity contribution in [3.63, 3.8) is 0 Å². The Kier molecular flexibility index (Phi) is 4.62. The standard InChI is InChI=1S/C19H18N2O5/c1-10(2)26-16-7-5-12(25-3)9-14(16)17-20-15-6-4-11(19(23)24)8-13(15)18(22)21-17/h4-10H,1-3H3,(H,23,24)(H,20,21,22). The van der Waals surface area contributed by atoms with E-state index in [2.05, 4.69) is 9.97 Å². The molecule has 0 bridgehead atoms. The number of aromatic amines is 1. The van der Waals surface area contributed by atoms with Crippen LogP contribution >= 0.6 is 0 Å². The number of ether oxygens (including phenoxy) is 2. The van der Waals surface area contributed by atoms with Crippen LogP contribution in [0.5, 0.6) is 11.5 Å². The van der Waals surface area contributed by atoms with Crippen LogP contribution in [-0.2, 0) is 0 Å². The molecule has 3 aromatic rings. The topological polar surface area (TPSA) is 102 Å². The average molecular weight is 354 g/mol. The first-order valence-corrected chi connectivity index (χ1v) is 8.01. The highest BCUT2D eigenvalue weighted by atomic mass is 16.5. The van der Waals surface area contributed by atoms with Crippen molar-refractivity contribution in [3.05, 3.63) is 52.3 Å². The van der Waals surface area contributed by atoms with Gasteiger partial charge >= 0.3 is 5.97 Å². The van der Waals surface area contributed by atoms with Crippen LogP contribution in [0.15, 0.2) is 41.2 Å². The molecule has 0 radical (unpaired) electrons. The lowest BCUT2D eigenvalue weighted by Crippen LogP contribution is -2.12. The summed E-state index contributed by atoms with van der Waals surface area (Å²) in [6, 6.07) is 9.49. The van der Waals surface area contributed by atoms with Crippen LogP contribution < -0.4 is 15.0 Å². The fraction of sp³-hybridized carbons (Fsp3) is 0.211. The second-order valence-corrected chi connectivity index (χ2v) is 5.98. The highest BCUT2D eigenvalue weighted by Gasteiger charge is 2.15. The van der Waals surface area contributed by atoms with Crippen molar-refractivity contribution in [1.29, 1.82) is 0 Å². The Hall–Kier alpha value is -3.35. The summed E-state index contributed by atoms with van der Waals surface area (Å²) in [5, 5.41) is 9.29. The number of rotatable bonds is 5. The van der Waals surface area contributed by atoms with Crippen LogP contribution in [0.25, 0.3) is 22.3 Å². The molecule has 1 aromatic heterocycles. The average Bonchev–Trinajstić information content (AvgIpc) is 2.61. The predicted molar refractivity (Wildman–Crippen MR) is 97.1 cm³/mol. The third-order valence-electron chi connectivity index (χ3n) is 3.76. The number of hydrogen-bond acceptors (Lipinski definition) is 5. The molecule has 7 heteroatoms. The number of H-pyrrole nitrogens is 1. The second kappa shape index (κ2) is 6.87. The number of fused-ring (bicyclic) bond motifs is 1. The molecule has 0 atom stereocenters. The van der Waals surface area contributed by atoms with Crippen LogP contribution in [0.3, 0.4) is 0 Å². The van der Waals surface area contributed by atoms with E-state index >= 15 is 0 Å². The van der Waals surface area contributed by atoms with Crippen LogP contribution in [0.4, 0.5) is 0 Å². The largest absolute Gasteiger partial charge is 0.497 e. The van der Waals surface area contributed by atoms with Gasteiger partial charge in [0, 0.05) is 0 Å². The van der Waals surface area contributed by atoms with E-state index < -0.39 is 11.5 Å². The molecule has 7 nitrogen and oxygen atoms in total. The fourth-order valence-corrected chi connectivity index (χ4v) is 2.58. The van der Waals surface area contributed by atoms with E-state index in [1.807, 2.05) is 13.8 Å². The van der Waals surface area contributed by atoms with Gasteiger partial charge in [-0.15, -0.1) is 0 Å². The van der Waals surface area contributed by atoms with Crippen LogP contribution in [0, 0.1) is 0 Å². The Labute approximate surface area is 149 Å². The molecule has 0 aliphatic heterocycles. The van der Waals surface area contributed by atoms with Gasteiger partial charge in [-0.1, -0.05) is 0 Å². The molecule has 3 rings (SSSR count). The Morgan fingerprint density at radius 2 is 1.96 bits per heavy atom. The highest BCUT2D eigenvalue weighted by Crippen LogP contribution is 2.32. The van der Waals surface area contributed by atoms with Gasteiger partial charge in [0.1, 0.15) is 17.3 Å². The zero-order chi connectivity index (χ0) is 18.8. The number of carbonyl (C=O) groups is 1. The van der Waals surface area contributed by atoms with Crippen molar-refractivity contribution in [2.45, 2.75) is 20.0 Å². The number of carboxylic acid groups (broad SMARTS) is 1. The number of aromatic nitrogens is 2. The van der Waals surface area contributed by atoms with Gasteiger partial charge in [-0.25, -0.2) is 9.78 Å². The van der Waals surface area contributed by atoms with Gasteiger partial charge in [-0.2, -0.15) is 0 Å². The molecule has 0 saturated carbocycles. The summed E-state index contributed by atoms with van der Waals surface area (Å²) in [4.78, 5) is 30.7. The first kappa shape index (κ1) is 17.5. The Bertz CT molecular complexity index is 1040. The van der Waals surface area contributed by atoms with E-state index in [-0.39, 0.29) is 17.1 Å². The number of nitrogens with zero attached hydrogens (tertiary/aromatic N) is 1. The number of carboxylic acids is 1. The maximum absolute atomic E-state index is 12.5. The smallest absolute Gasteiger partial charge is 0.335 e. The highest BCUT2D eigenvalue weighted by molar-refractivity contribution is 5.93. The van der Waals surface area contributed by atoms with E-state index in [1.165, 1.54) is 18.2 Å². The van der Waals surface area contributed by atoms with Gasteiger partial charge in [0.15, 0.2) is 0 Å². The van der Waals surface area contributed by atoms with Crippen LogP contribution in [0.2, 0.25) is 0 Å². The lowest BCUT2D eigenvalue weighted by Gasteiger charge is -2.15. The number of benzene rings is 2. The lowest BCUT2D eigenvalue weighted by molar-refractivity contribution is 0.0697. The third kappa shape index (κ3) is 3.37. The van der Waals surface area contributed by atoms with Crippen molar-refractivity contribution >= 4 is 16.9 Å². The molecular weight excluding hydrogens is 336 g/mol. The molecule has 0 saturated heterocycles. The fourth-order valence-electron chi connectivity index (χ4n) is 2.58. The number of hydrogen-bond donors (Lipinski definition) is 2. The van der Waals surface area contributed by atoms with Crippen LogP contribution in [-0.4, -0.2) is 34.3 Å². The Balaban J connectivity index is 2.20. The van der Waals surface area contributed by atoms with Crippen molar-refractivity contribution < 1.29 is 19.4 Å².